The van der Waals surface area contributed by atoms with Gasteiger partial charge in [-0.2, -0.15) is 5.26 Å². The van der Waals surface area contributed by atoms with Gasteiger partial charge in [-0.3, -0.25) is 0 Å². The Kier molecular flexibility index (Phi) is 12.9. The summed E-state index contributed by atoms with van der Waals surface area (Å²) in [6.07, 6.45) is 19.0. The minimum Gasteiger partial charge on any atom is -0.422 e. The highest BCUT2D eigenvalue weighted by molar-refractivity contribution is 5.91. The van der Waals surface area contributed by atoms with Crippen LogP contribution in [0.5, 0.6) is 5.75 Å². The minimum absolute atomic E-state index is 0.348. The highest BCUT2D eigenvalue weighted by atomic mass is 16.5. The number of hydrogen-bond donors (Lipinski definition) is 0. The number of nitriles is 1. The topological polar surface area (TPSA) is 50.1 Å². The lowest BCUT2D eigenvalue weighted by molar-refractivity contribution is 0.0734. The van der Waals surface area contributed by atoms with Crippen LogP contribution in [-0.2, 0) is 6.42 Å². The molecule has 2 aromatic rings. The molecule has 1 aliphatic carbocycles. The van der Waals surface area contributed by atoms with Crippen LogP contribution in [0.2, 0.25) is 0 Å². The first-order valence-electron chi connectivity index (χ1n) is 15.4. The van der Waals surface area contributed by atoms with E-state index in [0.29, 0.717) is 22.8 Å². The fourth-order valence-electron chi connectivity index (χ4n) is 5.89. The van der Waals surface area contributed by atoms with Crippen LogP contribution in [0.25, 0.3) is 0 Å². The molecule has 0 aliphatic heterocycles. The minimum atomic E-state index is -0.402. The lowest BCUT2D eigenvalue weighted by Gasteiger charge is -2.30. The highest BCUT2D eigenvalue weighted by Crippen LogP contribution is 2.38. The number of ether oxygens (including phenoxy) is 1. The van der Waals surface area contributed by atoms with Crippen molar-refractivity contribution in [2.45, 2.75) is 123 Å². The Balaban J connectivity index is 1.46. The molecule has 1 atom stereocenters. The van der Waals surface area contributed by atoms with Crippen molar-refractivity contribution in [3.05, 3.63) is 64.7 Å². The summed E-state index contributed by atoms with van der Waals surface area (Å²) in [5, 5.41) is 9.66. The van der Waals surface area contributed by atoms with E-state index >= 15 is 0 Å². The fourth-order valence-corrected chi connectivity index (χ4v) is 5.89. The lowest BCUT2D eigenvalue weighted by atomic mass is 9.75. The van der Waals surface area contributed by atoms with E-state index in [-0.39, 0.29) is 0 Å². The van der Waals surface area contributed by atoms with E-state index in [1.165, 1.54) is 89.0 Å². The maximum atomic E-state index is 12.8. The number of nitrogens with zero attached hydrogens (tertiary/aromatic N) is 1. The second-order valence-corrected chi connectivity index (χ2v) is 11.6. The molecule has 0 saturated heterocycles. The van der Waals surface area contributed by atoms with Gasteiger partial charge in [-0.1, -0.05) is 90.3 Å². The number of aryl methyl sites for hydroxylation is 1. The van der Waals surface area contributed by atoms with Crippen molar-refractivity contribution < 1.29 is 9.53 Å². The standard InChI is InChI=1S/C35H49NO2/c1-4-6-7-8-9-10-11-12-13-28-16-23-34(33(25-28)26-36)38-35(37)32-21-19-31(20-22-32)30-17-14-29(15-18-30)24-27(3)5-2/h16,19-23,25,27,29-30H,4-15,17-18,24H2,1-3H3. The molecule has 1 aliphatic rings. The van der Waals surface area contributed by atoms with E-state index in [1.54, 1.807) is 6.07 Å². The first-order valence-corrected chi connectivity index (χ1v) is 15.4. The normalized spacial score (nSPS) is 18.1. The summed E-state index contributed by atoms with van der Waals surface area (Å²) < 4.78 is 5.65. The van der Waals surface area contributed by atoms with Gasteiger partial charge >= 0.3 is 5.97 Å². The Morgan fingerprint density at radius 3 is 2.21 bits per heavy atom. The zero-order chi connectivity index (χ0) is 27.2. The van der Waals surface area contributed by atoms with Gasteiger partial charge in [0.1, 0.15) is 11.8 Å². The molecule has 2 aromatic carbocycles. The van der Waals surface area contributed by atoms with Gasteiger partial charge in [-0.05, 0) is 98.1 Å². The monoisotopic (exact) mass is 515 g/mol. The van der Waals surface area contributed by atoms with Crippen molar-refractivity contribution in [2.24, 2.45) is 11.8 Å². The van der Waals surface area contributed by atoms with E-state index in [0.717, 1.165) is 30.2 Å². The van der Waals surface area contributed by atoms with E-state index in [9.17, 15) is 10.1 Å². The van der Waals surface area contributed by atoms with Crippen molar-refractivity contribution in [3.63, 3.8) is 0 Å². The molecule has 0 aromatic heterocycles. The zero-order valence-electron chi connectivity index (χ0n) is 24.1. The van der Waals surface area contributed by atoms with Gasteiger partial charge in [0.2, 0.25) is 0 Å². The predicted molar refractivity (Wildman–Crippen MR) is 158 cm³/mol. The molecule has 0 heterocycles. The second kappa shape index (κ2) is 16.4. The smallest absolute Gasteiger partial charge is 0.343 e. The molecule has 206 valence electrons. The van der Waals surface area contributed by atoms with Crippen LogP contribution in [0, 0.1) is 23.2 Å². The van der Waals surface area contributed by atoms with Gasteiger partial charge in [0, 0.05) is 0 Å². The van der Waals surface area contributed by atoms with Crippen LogP contribution >= 0.6 is 0 Å². The number of benzene rings is 2. The first kappa shape index (κ1) is 29.9. The van der Waals surface area contributed by atoms with Gasteiger partial charge in [0.05, 0.1) is 11.1 Å². The predicted octanol–water partition coefficient (Wildman–Crippen LogP) is 10.2. The molecule has 1 saturated carbocycles. The lowest BCUT2D eigenvalue weighted by Crippen LogP contribution is -2.16. The van der Waals surface area contributed by atoms with E-state index in [2.05, 4.69) is 39.0 Å². The summed E-state index contributed by atoms with van der Waals surface area (Å²) in [5.41, 5.74) is 3.43. The van der Waals surface area contributed by atoms with Gasteiger partial charge in [-0.15, -0.1) is 0 Å². The van der Waals surface area contributed by atoms with Gasteiger partial charge in [0.25, 0.3) is 0 Å². The average molecular weight is 516 g/mol. The molecule has 3 nitrogen and oxygen atoms in total. The van der Waals surface area contributed by atoms with Crippen LogP contribution in [0.4, 0.5) is 0 Å². The molecule has 0 N–H and O–H groups in total. The summed E-state index contributed by atoms with van der Waals surface area (Å²) in [4.78, 5) is 12.8. The quantitative estimate of drug-likeness (QED) is 0.135. The van der Waals surface area contributed by atoms with Crippen molar-refractivity contribution >= 4 is 5.97 Å². The molecule has 3 rings (SSSR count). The molecule has 0 radical (unpaired) electrons. The number of rotatable bonds is 15. The average Bonchev–Trinajstić information content (AvgIpc) is 2.95. The third-order valence-corrected chi connectivity index (χ3v) is 8.58. The molecule has 1 unspecified atom stereocenters. The van der Waals surface area contributed by atoms with E-state index in [1.807, 2.05) is 24.3 Å². The summed E-state index contributed by atoms with van der Waals surface area (Å²) in [5.74, 6) is 2.24. The maximum absolute atomic E-state index is 12.8. The summed E-state index contributed by atoms with van der Waals surface area (Å²) in [6, 6.07) is 15.8. The summed E-state index contributed by atoms with van der Waals surface area (Å²) >= 11 is 0. The third kappa shape index (κ3) is 9.61. The number of esters is 1. The number of carbonyl (C=O) groups excluding carboxylic acids is 1. The number of hydrogen-bond acceptors (Lipinski definition) is 3. The van der Waals surface area contributed by atoms with Crippen molar-refractivity contribution in [3.8, 4) is 11.8 Å². The molecular formula is C35H49NO2. The Hall–Kier alpha value is -2.60. The Morgan fingerprint density at radius 2 is 1.58 bits per heavy atom. The molecule has 0 bridgehead atoms. The molecule has 3 heteroatoms. The Bertz CT molecular complexity index is 1010. The molecule has 0 amide bonds. The molecule has 38 heavy (non-hydrogen) atoms. The molecule has 1 fully saturated rings. The SMILES string of the molecule is CCCCCCCCCCc1ccc(OC(=O)c2ccc(C3CCC(CC(C)CC)CC3)cc2)c(C#N)c1. The van der Waals surface area contributed by atoms with Crippen LogP contribution in [0.15, 0.2) is 42.5 Å². The fraction of sp³-hybridized carbons (Fsp3) is 0.600. The summed E-state index contributed by atoms with van der Waals surface area (Å²) in [7, 11) is 0. The Morgan fingerprint density at radius 1 is 0.921 bits per heavy atom. The van der Waals surface area contributed by atoms with Gasteiger partial charge in [0.15, 0.2) is 0 Å². The maximum Gasteiger partial charge on any atom is 0.343 e. The summed E-state index contributed by atoms with van der Waals surface area (Å²) in [6.45, 7) is 6.91. The van der Waals surface area contributed by atoms with Gasteiger partial charge < -0.3 is 4.74 Å². The van der Waals surface area contributed by atoms with Crippen molar-refractivity contribution in [2.75, 3.05) is 0 Å². The van der Waals surface area contributed by atoms with Crippen LogP contribution in [0.1, 0.15) is 144 Å². The Labute approximate surface area is 232 Å². The number of carbonyl (C=O) groups is 1. The van der Waals surface area contributed by atoms with Crippen LogP contribution in [-0.4, -0.2) is 5.97 Å². The largest absolute Gasteiger partial charge is 0.422 e. The van der Waals surface area contributed by atoms with Crippen LogP contribution in [0.3, 0.4) is 0 Å². The van der Waals surface area contributed by atoms with Gasteiger partial charge in [-0.25, -0.2) is 4.79 Å². The second-order valence-electron chi connectivity index (χ2n) is 11.6. The molecular weight excluding hydrogens is 466 g/mol. The molecule has 0 spiro atoms. The number of unbranched alkanes of at least 4 members (excludes halogenated alkanes) is 7. The van der Waals surface area contributed by atoms with Crippen molar-refractivity contribution in [1.82, 2.24) is 0 Å². The highest BCUT2D eigenvalue weighted by Gasteiger charge is 2.23. The first-order chi connectivity index (χ1) is 18.5. The third-order valence-electron chi connectivity index (χ3n) is 8.58. The van der Waals surface area contributed by atoms with E-state index < -0.39 is 5.97 Å². The van der Waals surface area contributed by atoms with Crippen molar-refractivity contribution in [1.29, 1.82) is 5.26 Å². The van der Waals surface area contributed by atoms with Crippen LogP contribution < -0.4 is 4.74 Å². The zero-order valence-corrected chi connectivity index (χ0v) is 24.1. The van der Waals surface area contributed by atoms with E-state index in [4.69, 9.17) is 4.74 Å².